The van der Waals surface area contributed by atoms with E-state index in [2.05, 4.69) is 15.2 Å². The number of pyridine rings is 1. The molecule has 0 spiro atoms. The van der Waals surface area contributed by atoms with Gasteiger partial charge in [-0.05, 0) is 87.9 Å². The minimum absolute atomic E-state index is 0.0277. The van der Waals surface area contributed by atoms with Crippen LogP contribution in [0, 0.1) is 11.8 Å². The highest BCUT2D eigenvalue weighted by Crippen LogP contribution is 2.34. The quantitative estimate of drug-likeness (QED) is 0.469. The monoisotopic (exact) mass is 490 g/mol. The largest absolute Gasteiger partial charge is 0.470 e. The first kappa shape index (κ1) is 22.9. The van der Waals surface area contributed by atoms with E-state index >= 15 is 0 Å². The minimum Gasteiger partial charge on any atom is -0.470 e. The first-order chi connectivity index (χ1) is 17.2. The fourth-order valence-electron chi connectivity index (χ4n) is 5.48. The maximum atomic E-state index is 13.0. The third-order valence-corrected chi connectivity index (χ3v) is 8.92. The molecule has 6 rings (SSSR count). The topological polar surface area (TPSA) is 67.4 Å². The van der Waals surface area contributed by atoms with E-state index in [0.29, 0.717) is 0 Å². The smallest absolute Gasteiger partial charge is 0.273 e. The number of hydrogen-bond donors (Lipinski definition) is 1. The molecule has 3 aromatic rings. The lowest BCUT2D eigenvalue weighted by atomic mass is 9.84. The Balaban J connectivity index is 0.950. The molecule has 2 saturated carbocycles. The number of aromatic nitrogens is 2. The molecule has 1 amide bonds. The van der Waals surface area contributed by atoms with E-state index in [-0.39, 0.29) is 11.9 Å². The van der Waals surface area contributed by atoms with Crippen LogP contribution in [0.25, 0.3) is 10.9 Å². The van der Waals surface area contributed by atoms with Crippen LogP contribution < -0.4 is 10.1 Å². The molecule has 6 nitrogen and oxygen atoms in total. The zero-order valence-electron chi connectivity index (χ0n) is 20.2. The number of thiazole rings is 1. The summed E-state index contributed by atoms with van der Waals surface area (Å²) in [6.07, 6.45) is 11.3. The van der Waals surface area contributed by atoms with Gasteiger partial charge in [0.1, 0.15) is 0 Å². The minimum atomic E-state index is 0.0277. The molecule has 0 bridgehead atoms. The van der Waals surface area contributed by atoms with Gasteiger partial charge >= 0.3 is 0 Å². The molecule has 0 radical (unpaired) electrons. The number of hydrogen-bond acceptors (Lipinski definition) is 6. The lowest BCUT2D eigenvalue weighted by Crippen LogP contribution is -2.38. The lowest BCUT2D eigenvalue weighted by molar-refractivity contribution is 0.0921. The number of fused-ring (bicyclic) bond motifs is 2. The van der Waals surface area contributed by atoms with Crippen molar-refractivity contribution in [3.05, 3.63) is 52.7 Å². The Labute approximate surface area is 211 Å². The molecule has 2 fully saturated rings. The number of amides is 1. The van der Waals surface area contributed by atoms with Gasteiger partial charge in [-0.3, -0.25) is 14.7 Å². The average molecular weight is 491 g/mol. The summed E-state index contributed by atoms with van der Waals surface area (Å²) in [4.78, 5) is 26.1. The van der Waals surface area contributed by atoms with E-state index in [4.69, 9.17) is 9.72 Å². The van der Waals surface area contributed by atoms with Crippen molar-refractivity contribution in [2.75, 3.05) is 19.7 Å². The van der Waals surface area contributed by atoms with Crippen LogP contribution in [0.5, 0.6) is 5.19 Å². The van der Waals surface area contributed by atoms with Crippen LogP contribution in [0.1, 0.15) is 65.9 Å². The normalized spacial score (nSPS) is 22.6. The summed E-state index contributed by atoms with van der Waals surface area (Å²) < 4.78 is 5.92. The van der Waals surface area contributed by atoms with Crippen LogP contribution in [0.2, 0.25) is 0 Å². The van der Waals surface area contributed by atoms with Gasteiger partial charge in [0, 0.05) is 41.2 Å². The summed E-state index contributed by atoms with van der Waals surface area (Å²) >= 11 is 1.76. The van der Waals surface area contributed by atoms with Gasteiger partial charge in [-0.1, -0.05) is 23.5 Å². The Kier molecular flexibility index (Phi) is 6.70. The maximum Gasteiger partial charge on any atom is 0.273 e. The van der Waals surface area contributed by atoms with Crippen LogP contribution in [-0.4, -0.2) is 46.5 Å². The number of carbonyl (C=O) groups excluding carboxylic acids is 1. The molecule has 2 aliphatic carbocycles. The molecule has 1 aromatic carbocycles. The van der Waals surface area contributed by atoms with Gasteiger partial charge in [0.15, 0.2) is 0 Å². The summed E-state index contributed by atoms with van der Waals surface area (Å²) in [5, 5.41) is 5.09. The molecule has 3 heterocycles. The molecule has 3 aliphatic rings. The molecule has 35 heavy (non-hydrogen) atoms. The molecule has 1 N–H and O–H groups in total. The fraction of sp³-hybridized carbons (Fsp3) is 0.536. The number of rotatable bonds is 8. The van der Waals surface area contributed by atoms with Crippen molar-refractivity contribution >= 4 is 28.1 Å². The summed E-state index contributed by atoms with van der Waals surface area (Å²) in [6.45, 7) is 4.07. The highest BCUT2D eigenvalue weighted by Gasteiger charge is 2.27. The third kappa shape index (κ3) is 5.51. The van der Waals surface area contributed by atoms with Crippen molar-refractivity contribution in [3.8, 4) is 5.19 Å². The van der Waals surface area contributed by atoms with Gasteiger partial charge in [0.2, 0.25) is 0 Å². The van der Waals surface area contributed by atoms with Crippen molar-refractivity contribution in [2.24, 2.45) is 11.8 Å². The second kappa shape index (κ2) is 10.2. The van der Waals surface area contributed by atoms with Crippen molar-refractivity contribution < 1.29 is 9.53 Å². The Morgan fingerprint density at radius 1 is 1.09 bits per heavy atom. The van der Waals surface area contributed by atoms with Gasteiger partial charge in [0.25, 0.3) is 11.1 Å². The highest BCUT2D eigenvalue weighted by molar-refractivity contribution is 7.13. The zero-order chi connectivity index (χ0) is 23.6. The molecule has 184 valence electrons. The van der Waals surface area contributed by atoms with Gasteiger partial charge in [-0.15, -0.1) is 0 Å². The average Bonchev–Trinajstić information content (AvgIpc) is 3.64. The molecule has 7 heteroatoms. The number of ether oxygens (including phenoxy) is 1. The Hall–Kier alpha value is -2.51. The fourth-order valence-corrected chi connectivity index (χ4v) is 6.40. The van der Waals surface area contributed by atoms with Crippen LogP contribution in [0.15, 0.2) is 36.5 Å². The Bertz CT molecular complexity index is 1180. The SMILES string of the molecule is O=C(NC1CCC(CCN2CCc3sc(OCC4CC4)nc3C2)CC1)c1cccc2ncccc12. The summed E-state index contributed by atoms with van der Waals surface area (Å²) in [5.41, 5.74) is 2.83. The predicted octanol–water partition coefficient (Wildman–Crippen LogP) is 5.22. The van der Waals surface area contributed by atoms with E-state index < -0.39 is 0 Å². The second-order valence-corrected chi connectivity index (χ2v) is 11.5. The van der Waals surface area contributed by atoms with E-state index in [1.165, 1.54) is 42.7 Å². The van der Waals surface area contributed by atoms with Crippen LogP contribution in [-0.2, 0) is 13.0 Å². The van der Waals surface area contributed by atoms with Crippen molar-refractivity contribution in [1.82, 2.24) is 20.2 Å². The molecular weight excluding hydrogens is 456 g/mol. The maximum absolute atomic E-state index is 13.0. The third-order valence-electron chi connectivity index (χ3n) is 7.85. The van der Waals surface area contributed by atoms with Gasteiger partial charge in [-0.25, -0.2) is 4.98 Å². The van der Waals surface area contributed by atoms with Gasteiger partial charge in [-0.2, -0.15) is 0 Å². The van der Waals surface area contributed by atoms with Crippen LogP contribution >= 0.6 is 11.3 Å². The van der Waals surface area contributed by atoms with Crippen LogP contribution in [0.4, 0.5) is 0 Å². The predicted molar refractivity (Wildman–Crippen MR) is 139 cm³/mol. The Morgan fingerprint density at radius 3 is 2.80 bits per heavy atom. The standard InChI is InChI=1S/C28H34N4O2S/c33-27(23-3-1-5-24-22(23)4-2-14-29-24)30-21-10-8-19(9-11-21)12-15-32-16-13-26-25(17-32)31-28(35-26)34-18-20-6-7-20/h1-5,14,19-21H,6-13,15-18H2,(H,30,33). The van der Waals surface area contributed by atoms with E-state index in [1.807, 2.05) is 30.3 Å². The van der Waals surface area contributed by atoms with Gasteiger partial charge < -0.3 is 10.1 Å². The second-order valence-electron chi connectivity index (χ2n) is 10.5. The molecule has 1 aliphatic heterocycles. The number of benzene rings is 1. The zero-order valence-corrected chi connectivity index (χ0v) is 21.1. The van der Waals surface area contributed by atoms with Crippen molar-refractivity contribution in [1.29, 1.82) is 0 Å². The van der Waals surface area contributed by atoms with Crippen molar-refractivity contribution in [2.45, 2.75) is 64.0 Å². The summed E-state index contributed by atoms with van der Waals surface area (Å²) in [5.74, 6) is 1.55. The molecule has 0 unspecified atom stereocenters. The number of nitrogens with one attached hydrogen (secondary N) is 1. The summed E-state index contributed by atoms with van der Waals surface area (Å²) in [7, 11) is 0. The van der Waals surface area contributed by atoms with E-state index in [9.17, 15) is 4.79 Å². The lowest BCUT2D eigenvalue weighted by Gasteiger charge is -2.32. The molecular formula is C28H34N4O2S. The van der Waals surface area contributed by atoms with E-state index in [0.717, 1.165) is 79.0 Å². The number of carbonyl (C=O) groups is 1. The Morgan fingerprint density at radius 2 is 1.94 bits per heavy atom. The van der Waals surface area contributed by atoms with Crippen molar-refractivity contribution in [3.63, 3.8) is 0 Å². The first-order valence-electron chi connectivity index (χ1n) is 13.2. The van der Waals surface area contributed by atoms with E-state index in [1.54, 1.807) is 17.5 Å². The molecule has 2 aromatic heterocycles. The van der Waals surface area contributed by atoms with Gasteiger partial charge in [0.05, 0.1) is 17.8 Å². The molecule has 0 atom stereocenters. The molecule has 0 saturated heterocycles. The summed E-state index contributed by atoms with van der Waals surface area (Å²) in [6, 6.07) is 9.91. The van der Waals surface area contributed by atoms with Crippen LogP contribution in [0.3, 0.4) is 0 Å². The first-order valence-corrected chi connectivity index (χ1v) is 14.0. The number of nitrogens with zero attached hydrogens (tertiary/aromatic N) is 3. The highest BCUT2D eigenvalue weighted by atomic mass is 32.1.